The average Bonchev–Trinajstić information content (AvgIpc) is 2.57. The molecule has 0 spiro atoms. The van der Waals surface area contributed by atoms with E-state index in [1.165, 1.54) is 25.6 Å². The van der Waals surface area contributed by atoms with Gasteiger partial charge >= 0.3 is 0 Å². The number of methoxy groups -OCH3 is 1. The summed E-state index contributed by atoms with van der Waals surface area (Å²) in [7, 11) is -2.24. The molecule has 0 saturated heterocycles. The van der Waals surface area contributed by atoms with Crippen molar-refractivity contribution < 1.29 is 13.2 Å². The molecule has 0 fully saturated rings. The van der Waals surface area contributed by atoms with Gasteiger partial charge in [0.2, 0.25) is 0 Å². The molecule has 7 heteroatoms. The maximum Gasteiger partial charge on any atom is 0.283 e. The Labute approximate surface area is 141 Å². The highest BCUT2D eigenvalue weighted by Crippen LogP contribution is 2.19. The van der Waals surface area contributed by atoms with Crippen molar-refractivity contribution in [3.8, 4) is 5.75 Å². The highest BCUT2D eigenvalue weighted by molar-refractivity contribution is 7.90. The number of anilines is 1. The molecular weight excluding hydrogens is 336 g/mol. The Bertz CT molecular complexity index is 772. The summed E-state index contributed by atoms with van der Waals surface area (Å²) in [4.78, 5) is 1.83. The summed E-state index contributed by atoms with van der Waals surface area (Å²) in [6.45, 7) is 2.48. The molecule has 0 amide bonds. The standard InChI is InChI=1S/C16H17ClN2O3S/c1-3-19(14-6-4-13(17)5-7-14)12-18-23(20,21)16-10-8-15(22-2)9-11-16/h4-12H,3H2,1-2H3/b18-12+. The van der Waals surface area contributed by atoms with Crippen molar-refractivity contribution in [3.63, 3.8) is 0 Å². The van der Waals surface area contributed by atoms with Crippen LogP contribution in [0.15, 0.2) is 57.8 Å². The molecule has 2 rings (SSSR count). The van der Waals surface area contributed by atoms with Gasteiger partial charge in [-0.25, -0.2) is 0 Å². The van der Waals surface area contributed by atoms with Gasteiger partial charge in [-0.3, -0.25) is 0 Å². The first-order valence-corrected chi connectivity index (χ1v) is 8.75. The number of hydrogen-bond acceptors (Lipinski definition) is 3. The second-order valence-electron chi connectivity index (χ2n) is 4.63. The summed E-state index contributed by atoms with van der Waals surface area (Å²) in [5.74, 6) is 0.587. The van der Waals surface area contributed by atoms with E-state index in [2.05, 4.69) is 4.40 Å². The van der Waals surface area contributed by atoms with Crippen molar-refractivity contribution in [2.45, 2.75) is 11.8 Å². The first kappa shape index (κ1) is 17.3. The zero-order chi connectivity index (χ0) is 16.9. The molecule has 0 aliphatic rings. The first-order chi connectivity index (χ1) is 11.0. The summed E-state index contributed by atoms with van der Waals surface area (Å²) < 4.78 is 33.3. The van der Waals surface area contributed by atoms with Crippen LogP contribution in [0.5, 0.6) is 5.75 Å². The van der Waals surface area contributed by atoms with Crippen molar-refractivity contribution in [1.29, 1.82) is 0 Å². The molecular formula is C16H17ClN2O3S. The van der Waals surface area contributed by atoms with Crippen molar-refractivity contribution in [1.82, 2.24) is 0 Å². The lowest BCUT2D eigenvalue weighted by Gasteiger charge is -2.17. The highest BCUT2D eigenvalue weighted by atomic mass is 35.5. The molecule has 5 nitrogen and oxygen atoms in total. The summed E-state index contributed by atoms with van der Waals surface area (Å²) in [5.41, 5.74) is 0.811. The second kappa shape index (κ2) is 7.48. The van der Waals surface area contributed by atoms with Crippen LogP contribution in [0.3, 0.4) is 0 Å². The summed E-state index contributed by atoms with van der Waals surface area (Å²) in [5, 5.41) is 0.618. The Morgan fingerprint density at radius 2 is 1.74 bits per heavy atom. The largest absolute Gasteiger partial charge is 0.497 e. The van der Waals surface area contributed by atoms with Crippen molar-refractivity contribution in [2.75, 3.05) is 18.6 Å². The van der Waals surface area contributed by atoms with E-state index in [1.54, 1.807) is 41.3 Å². The molecule has 2 aromatic rings. The fourth-order valence-corrected chi connectivity index (χ4v) is 2.86. The predicted octanol–water partition coefficient (Wildman–Crippen LogP) is 3.59. The van der Waals surface area contributed by atoms with E-state index < -0.39 is 10.0 Å². The lowest BCUT2D eigenvalue weighted by molar-refractivity contribution is 0.414. The van der Waals surface area contributed by atoms with Gasteiger partial charge in [0, 0.05) is 17.3 Å². The Hall–Kier alpha value is -2.05. The fourth-order valence-electron chi connectivity index (χ4n) is 1.89. The number of halogens is 1. The van der Waals surface area contributed by atoms with Gasteiger partial charge in [-0.2, -0.15) is 8.42 Å². The van der Waals surface area contributed by atoms with E-state index in [9.17, 15) is 8.42 Å². The van der Waals surface area contributed by atoms with E-state index in [0.717, 1.165) is 5.69 Å². The maximum absolute atomic E-state index is 12.3. The minimum absolute atomic E-state index is 0.113. The minimum atomic E-state index is -3.76. The number of hydrogen-bond donors (Lipinski definition) is 0. The Morgan fingerprint density at radius 3 is 2.26 bits per heavy atom. The molecule has 0 bridgehead atoms. The van der Waals surface area contributed by atoms with E-state index >= 15 is 0 Å². The first-order valence-electron chi connectivity index (χ1n) is 6.93. The van der Waals surface area contributed by atoms with Crippen LogP contribution >= 0.6 is 11.6 Å². The fraction of sp³-hybridized carbons (Fsp3) is 0.188. The van der Waals surface area contributed by atoms with Crippen LogP contribution in [-0.4, -0.2) is 28.4 Å². The third kappa shape index (κ3) is 4.46. The van der Waals surface area contributed by atoms with E-state index in [-0.39, 0.29) is 4.90 Å². The van der Waals surface area contributed by atoms with Crippen LogP contribution < -0.4 is 9.64 Å². The molecule has 0 saturated carbocycles. The van der Waals surface area contributed by atoms with Gasteiger partial charge in [0.15, 0.2) is 0 Å². The van der Waals surface area contributed by atoms with Gasteiger partial charge in [-0.05, 0) is 55.5 Å². The molecule has 0 radical (unpaired) electrons. The molecule has 0 aliphatic carbocycles. The Balaban J connectivity index is 2.22. The maximum atomic E-state index is 12.3. The summed E-state index contributed by atoms with van der Waals surface area (Å²) in [6.07, 6.45) is 1.31. The highest BCUT2D eigenvalue weighted by Gasteiger charge is 2.12. The molecule has 2 aromatic carbocycles. The second-order valence-corrected chi connectivity index (χ2v) is 6.70. The molecule has 0 aliphatic heterocycles. The predicted molar refractivity (Wildman–Crippen MR) is 93.1 cm³/mol. The number of sulfonamides is 1. The van der Waals surface area contributed by atoms with Crippen LogP contribution in [0.2, 0.25) is 5.02 Å². The zero-order valence-electron chi connectivity index (χ0n) is 12.8. The third-order valence-corrected chi connectivity index (χ3v) is 4.67. The SMILES string of the molecule is CCN(/C=N/S(=O)(=O)c1ccc(OC)cc1)c1ccc(Cl)cc1. The molecule has 0 atom stereocenters. The normalized spacial score (nSPS) is 11.6. The van der Waals surface area contributed by atoms with E-state index in [4.69, 9.17) is 16.3 Å². The topological polar surface area (TPSA) is 59.0 Å². The Kier molecular flexibility index (Phi) is 5.63. The molecule has 122 valence electrons. The smallest absolute Gasteiger partial charge is 0.283 e. The number of rotatable bonds is 6. The molecule has 0 heterocycles. The summed E-state index contributed by atoms with van der Waals surface area (Å²) in [6, 6.07) is 13.2. The van der Waals surface area contributed by atoms with E-state index in [1.807, 2.05) is 6.92 Å². The molecule has 0 N–H and O–H groups in total. The van der Waals surface area contributed by atoms with Crippen LogP contribution in [0.25, 0.3) is 0 Å². The summed E-state index contributed by atoms with van der Waals surface area (Å²) >= 11 is 5.86. The van der Waals surface area contributed by atoms with Crippen LogP contribution in [0.1, 0.15) is 6.92 Å². The van der Waals surface area contributed by atoms with Gasteiger partial charge in [0.1, 0.15) is 12.1 Å². The number of ether oxygens (including phenoxy) is 1. The lowest BCUT2D eigenvalue weighted by Crippen LogP contribution is -2.21. The lowest BCUT2D eigenvalue weighted by atomic mass is 10.3. The van der Waals surface area contributed by atoms with Crippen molar-refractivity contribution in [2.24, 2.45) is 4.40 Å². The number of nitrogens with zero attached hydrogens (tertiary/aromatic N) is 2. The molecule has 23 heavy (non-hydrogen) atoms. The van der Waals surface area contributed by atoms with Crippen LogP contribution in [-0.2, 0) is 10.0 Å². The van der Waals surface area contributed by atoms with Crippen molar-refractivity contribution >= 4 is 33.7 Å². The van der Waals surface area contributed by atoms with Crippen molar-refractivity contribution in [3.05, 3.63) is 53.6 Å². The van der Waals surface area contributed by atoms with Crippen LogP contribution in [0, 0.1) is 0 Å². The molecule has 0 aromatic heterocycles. The van der Waals surface area contributed by atoms with Crippen LogP contribution in [0.4, 0.5) is 5.69 Å². The van der Waals surface area contributed by atoms with Gasteiger partial charge in [0.25, 0.3) is 10.0 Å². The van der Waals surface area contributed by atoms with Gasteiger partial charge in [-0.15, -0.1) is 4.40 Å². The monoisotopic (exact) mass is 352 g/mol. The third-order valence-electron chi connectivity index (χ3n) is 3.18. The minimum Gasteiger partial charge on any atom is -0.497 e. The number of benzene rings is 2. The quantitative estimate of drug-likeness (QED) is 0.588. The van der Waals surface area contributed by atoms with Gasteiger partial charge in [0.05, 0.1) is 12.0 Å². The molecule has 0 unspecified atom stereocenters. The van der Waals surface area contributed by atoms with Gasteiger partial charge in [-0.1, -0.05) is 11.6 Å². The zero-order valence-corrected chi connectivity index (χ0v) is 14.4. The average molecular weight is 353 g/mol. The van der Waals surface area contributed by atoms with E-state index in [0.29, 0.717) is 17.3 Å². The van der Waals surface area contributed by atoms with Gasteiger partial charge < -0.3 is 9.64 Å². The Morgan fingerprint density at radius 1 is 1.13 bits per heavy atom.